The molecule has 1 amide bonds. The summed E-state index contributed by atoms with van der Waals surface area (Å²) in [6.07, 6.45) is 0.867. The molecule has 0 aliphatic rings. The van der Waals surface area contributed by atoms with E-state index < -0.39 is 0 Å². The van der Waals surface area contributed by atoms with Crippen LogP contribution in [-0.4, -0.2) is 28.9 Å². The summed E-state index contributed by atoms with van der Waals surface area (Å²) in [6.45, 7) is 1.93. The van der Waals surface area contributed by atoms with E-state index in [1.54, 1.807) is 24.1 Å². The second-order valence-corrected chi connectivity index (χ2v) is 5.29. The van der Waals surface area contributed by atoms with Crippen molar-refractivity contribution in [2.75, 3.05) is 7.05 Å². The van der Waals surface area contributed by atoms with Gasteiger partial charge in [0.25, 0.3) is 0 Å². The average molecular weight is 285 g/mol. The van der Waals surface area contributed by atoms with Crippen LogP contribution in [0.1, 0.15) is 18.9 Å². The van der Waals surface area contributed by atoms with Crippen molar-refractivity contribution in [3.05, 3.63) is 34.9 Å². The Morgan fingerprint density at radius 2 is 2.22 bits per heavy atom. The number of halogens is 1. The van der Waals surface area contributed by atoms with Gasteiger partial charge in [-0.05, 0) is 24.6 Å². The Balaban J connectivity index is 2.62. The number of likely N-dealkylation sites (N-methyl/N-ethyl adjacent to an activating group) is 1. The Kier molecular flexibility index (Phi) is 5.56. The zero-order valence-electron chi connectivity index (χ0n) is 10.5. The summed E-state index contributed by atoms with van der Waals surface area (Å²) in [6, 6.07) is 7.31. The molecule has 98 valence electrons. The Morgan fingerprint density at radius 3 is 2.78 bits per heavy atom. The standard InChI is InChI=1S/C13H17ClN2OS/c1-9(6-12(15)18)16(2)13(17)8-10-4-3-5-11(14)7-10/h3-5,7,9H,6,8H2,1-2H3,(H2,15,18). The maximum absolute atomic E-state index is 12.0. The van der Waals surface area contributed by atoms with Crippen LogP contribution < -0.4 is 5.73 Å². The van der Waals surface area contributed by atoms with E-state index in [0.29, 0.717) is 22.9 Å². The molecule has 1 aromatic carbocycles. The number of nitrogens with zero attached hydrogens (tertiary/aromatic N) is 1. The van der Waals surface area contributed by atoms with Crippen molar-refractivity contribution in [1.82, 2.24) is 4.90 Å². The van der Waals surface area contributed by atoms with Gasteiger partial charge in [-0.25, -0.2) is 0 Å². The molecule has 5 heteroatoms. The van der Waals surface area contributed by atoms with E-state index >= 15 is 0 Å². The van der Waals surface area contributed by atoms with Crippen LogP contribution in [0, 0.1) is 0 Å². The third kappa shape index (κ3) is 4.63. The van der Waals surface area contributed by atoms with E-state index in [1.807, 2.05) is 19.1 Å². The molecule has 0 heterocycles. The normalized spacial score (nSPS) is 11.9. The molecule has 1 unspecified atom stereocenters. The molecule has 0 aromatic heterocycles. The summed E-state index contributed by atoms with van der Waals surface area (Å²) in [4.78, 5) is 14.1. The Hall–Kier alpha value is -1.13. The molecule has 2 N–H and O–H groups in total. The zero-order valence-corrected chi connectivity index (χ0v) is 12.1. The first-order valence-electron chi connectivity index (χ1n) is 5.68. The van der Waals surface area contributed by atoms with Crippen LogP contribution in [0.4, 0.5) is 0 Å². The quantitative estimate of drug-likeness (QED) is 0.845. The van der Waals surface area contributed by atoms with Gasteiger partial charge in [0.15, 0.2) is 0 Å². The highest BCUT2D eigenvalue weighted by Crippen LogP contribution is 2.12. The molecule has 0 aliphatic heterocycles. The zero-order chi connectivity index (χ0) is 13.7. The van der Waals surface area contributed by atoms with Gasteiger partial charge in [-0.2, -0.15) is 0 Å². The lowest BCUT2D eigenvalue weighted by Gasteiger charge is -2.24. The van der Waals surface area contributed by atoms with Gasteiger partial charge in [0.1, 0.15) is 0 Å². The first-order valence-corrected chi connectivity index (χ1v) is 6.47. The first-order chi connectivity index (χ1) is 8.40. The van der Waals surface area contributed by atoms with Crippen LogP contribution in [0.25, 0.3) is 0 Å². The van der Waals surface area contributed by atoms with E-state index in [-0.39, 0.29) is 11.9 Å². The van der Waals surface area contributed by atoms with E-state index in [0.717, 1.165) is 5.56 Å². The van der Waals surface area contributed by atoms with Crippen LogP contribution in [0.3, 0.4) is 0 Å². The fourth-order valence-corrected chi connectivity index (χ4v) is 2.07. The minimum absolute atomic E-state index is 0.00850. The molecule has 3 nitrogen and oxygen atoms in total. The minimum atomic E-state index is 0.00850. The van der Waals surface area contributed by atoms with Gasteiger partial charge in [-0.15, -0.1) is 0 Å². The van der Waals surface area contributed by atoms with E-state index in [1.165, 1.54) is 0 Å². The van der Waals surface area contributed by atoms with Gasteiger partial charge < -0.3 is 10.6 Å². The minimum Gasteiger partial charge on any atom is -0.393 e. The second kappa shape index (κ2) is 6.71. The molecule has 0 spiro atoms. The Morgan fingerprint density at radius 1 is 1.56 bits per heavy atom. The fourth-order valence-electron chi connectivity index (χ4n) is 1.62. The van der Waals surface area contributed by atoms with Crippen LogP contribution in [0.2, 0.25) is 5.02 Å². The van der Waals surface area contributed by atoms with Gasteiger partial charge in [-0.3, -0.25) is 4.79 Å². The summed E-state index contributed by atoms with van der Waals surface area (Å²) in [7, 11) is 1.76. The SMILES string of the molecule is CC(CC(N)=S)N(C)C(=O)Cc1cccc(Cl)c1. The Bertz CT molecular complexity index is 450. The number of hydrogen-bond donors (Lipinski definition) is 1. The number of amides is 1. The molecule has 0 saturated heterocycles. The smallest absolute Gasteiger partial charge is 0.226 e. The van der Waals surface area contributed by atoms with Crippen LogP contribution in [0.5, 0.6) is 0 Å². The number of nitrogens with two attached hydrogens (primary N) is 1. The van der Waals surface area contributed by atoms with Crippen LogP contribution in [0.15, 0.2) is 24.3 Å². The monoisotopic (exact) mass is 284 g/mol. The predicted molar refractivity (Wildman–Crippen MR) is 78.8 cm³/mol. The van der Waals surface area contributed by atoms with Crippen LogP contribution in [-0.2, 0) is 11.2 Å². The topological polar surface area (TPSA) is 46.3 Å². The summed E-state index contributed by atoms with van der Waals surface area (Å²) in [5, 5.41) is 0.638. The van der Waals surface area contributed by atoms with Crippen molar-refractivity contribution in [3.63, 3.8) is 0 Å². The maximum Gasteiger partial charge on any atom is 0.226 e. The molecular weight excluding hydrogens is 268 g/mol. The molecule has 0 bridgehead atoms. The highest BCUT2D eigenvalue weighted by atomic mass is 35.5. The van der Waals surface area contributed by atoms with E-state index in [9.17, 15) is 4.79 Å². The highest BCUT2D eigenvalue weighted by Gasteiger charge is 2.16. The molecule has 18 heavy (non-hydrogen) atoms. The lowest BCUT2D eigenvalue weighted by atomic mass is 10.1. The molecule has 1 aromatic rings. The van der Waals surface area contributed by atoms with Gasteiger partial charge >= 0.3 is 0 Å². The maximum atomic E-state index is 12.0. The number of thiocarbonyl (C=S) groups is 1. The molecule has 0 fully saturated rings. The van der Waals surface area contributed by atoms with Crippen molar-refractivity contribution in [2.45, 2.75) is 25.8 Å². The van der Waals surface area contributed by atoms with Gasteiger partial charge in [-0.1, -0.05) is 36.0 Å². The lowest BCUT2D eigenvalue weighted by Crippen LogP contribution is -2.38. The third-order valence-electron chi connectivity index (χ3n) is 2.80. The van der Waals surface area contributed by atoms with Crippen LogP contribution >= 0.6 is 23.8 Å². The molecule has 0 aliphatic carbocycles. The summed E-state index contributed by atoms with van der Waals surface area (Å²) < 4.78 is 0. The number of carbonyl (C=O) groups excluding carboxylic acids is 1. The number of rotatable bonds is 5. The molecule has 1 atom stereocenters. The van der Waals surface area contributed by atoms with Crippen molar-refractivity contribution in [3.8, 4) is 0 Å². The molecule has 0 radical (unpaired) electrons. The average Bonchev–Trinajstić information content (AvgIpc) is 2.27. The lowest BCUT2D eigenvalue weighted by molar-refractivity contribution is -0.130. The van der Waals surface area contributed by atoms with Crippen molar-refractivity contribution < 1.29 is 4.79 Å². The number of hydrogen-bond acceptors (Lipinski definition) is 2. The summed E-state index contributed by atoms with van der Waals surface area (Å²) in [5.74, 6) is 0.0287. The number of carbonyl (C=O) groups is 1. The van der Waals surface area contributed by atoms with Gasteiger partial charge in [0.2, 0.25) is 5.91 Å². The summed E-state index contributed by atoms with van der Waals surface area (Å²) >= 11 is 10.7. The van der Waals surface area contributed by atoms with Crippen molar-refractivity contribution in [1.29, 1.82) is 0 Å². The highest BCUT2D eigenvalue weighted by molar-refractivity contribution is 7.80. The largest absolute Gasteiger partial charge is 0.393 e. The van der Waals surface area contributed by atoms with Gasteiger partial charge in [0.05, 0.1) is 11.4 Å². The van der Waals surface area contributed by atoms with Crippen molar-refractivity contribution >= 4 is 34.7 Å². The molecule has 0 saturated carbocycles. The van der Waals surface area contributed by atoms with Gasteiger partial charge in [0, 0.05) is 24.5 Å². The number of benzene rings is 1. The third-order valence-corrected chi connectivity index (χ3v) is 3.20. The van der Waals surface area contributed by atoms with E-state index in [4.69, 9.17) is 29.6 Å². The fraction of sp³-hybridized carbons (Fsp3) is 0.385. The predicted octanol–water partition coefficient (Wildman–Crippen LogP) is 2.41. The molecule has 1 rings (SSSR count). The van der Waals surface area contributed by atoms with Crippen molar-refractivity contribution in [2.24, 2.45) is 5.73 Å². The summed E-state index contributed by atoms with van der Waals surface area (Å²) in [5.41, 5.74) is 6.38. The Labute approximate surface area is 118 Å². The van der Waals surface area contributed by atoms with E-state index in [2.05, 4.69) is 0 Å². The second-order valence-electron chi connectivity index (χ2n) is 4.33. The first kappa shape index (κ1) is 14.9. The molecular formula is C13H17ClN2OS.